The van der Waals surface area contributed by atoms with Crippen molar-refractivity contribution in [3.63, 3.8) is 0 Å². The van der Waals surface area contributed by atoms with Crippen molar-refractivity contribution in [3.05, 3.63) is 0 Å². The van der Waals surface area contributed by atoms with Crippen LogP contribution in [0, 0.1) is 5.92 Å². The molecular weight excluding hydrogens is 224 g/mol. The van der Waals surface area contributed by atoms with Crippen molar-refractivity contribution < 1.29 is 8.42 Å². The van der Waals surface area contributed by atoms with Crippen molar-refractivity contribution in [2.45, 2.75) is 45.6 Å². The van der Waals surface area contributed by atoms with E-state index in [1.807, 2.05) is 13.8 Å². The van der Waals surface area contributed by atoms with E-state index in [-0.39, 0.29) is 11.8 Å². The molecule has 0 aromatic rings. The van der Waals surface area contributed by atoms with Gasteiger partial charge in [0, 0.05) is 19.1 Å². The molecule has 96 valence electrons. The van der Waals surface area contributed by atoms with Gasteiger partial charge in [-0.25, -0.2) is 12.7 Å². The zero-order valence-corrected chi connectivity index (χ0v) is 11.2. The minimum atomic E-state index is -3.15. The summed E-state index contributed by atoms with van der Waals surface area (Å²) in [6.07, 6.45) is 4.58. The van der Waals surface area contributed by atoms with Crippen LogP contribution in [0.3, 0.4) is 0 Å². The fourth-order valence-electron chi connectivity index (χ4n) is 2.49. The molecule has 0 amide bonds. The van der Waals surface area contributed by atoms with Gasteiger partial charge in [0.15, 0.2) is 0 Å². The van der Waals surface area contributed by atoms with Crippen LogP contribution in [0.1, 0.15) is 39.5 Å². The van der Waals surface area contributed by atoms with E-state index < -0.39 is 10.0 Å². The van der Waals surface area contributed by atoms with Gasteiger partial charge in [-0.15, -0.1) is 0 Å². The number of hydrogen-bond acceptors (Lipinski definition) is 3. The van der Waals surface area contributed by atoms with Gasteiger partial charge < -0.3 is 5.73 Å². The lowest BCUT2D eigenvalue weighted by Gasteiger charge is -2.24. The quantitative estimate of drug-likeness (QED) is 0.767. The molecule has 0 aliphatic heterocycles. The average molecular weight is 248 g/mol. The third-order valence-electron chi connectivity index (χ3n) is 3.51. The zero-order valence-electron chi connectivity index (χ0n) is 10.4. The van der Waals surface area contributed by atoms with E-state index >= 15 is 0 Å². The normalized spacial score (nSPS) is 20.5. The first-order valence-corrected chi connectivity index (χ1v) is 7.85. The zero-order chi connectivity index (χ0) is 12.2. The second kappa shape index (κ2) is 5.98. The molecule has 0 aromatic heterocycles. The molecule has 1 rings (SSSR count). The molecule has 0 radical (unpaired) electrons. The van der Waals surface area contributed by atoms with Gasteiger partial charge in [-0.3, -0.25) is 0 Å². The highest BCUT2D eigenvalue weighted by molar-refractivity contribution is 7.89. The Morgan fingerprint density at radius 3 is 2.19 bits per heavy atom. The van der Waals surface area contributed by atoms with Crippen LogP contribution in [0.15, 0.2) is 0 Å². The number of nitrogens with two attached hydrogens (primary N) is 1. The molecule has 0 heterocycles. The number of hydrogen-bond donors (Lipinski definition) is 1. The number of rotatable bonds is 6. The highest BCUT2D eigenvalue weighted by Gasteiger charge is 2.28. The van der Waals surface area contributed by atoms with E-state index in [4.69, 9.17) is 5.73 Å². The fourth-order valence-corrected chi connectivity index (χ4v) is 4.24. The monoisotopic (exact) mass is 248 g/mol. The molecule has 1 unspecified atom stereocenters. The van der Waals surface area contributed by atoms with Gasteiger partial charge in [0.05, 0.1) is 5.75 Å². The Morgan fingerprint density at radius 1 is 1.25 bits per heavy atom. The smallest absolute Gasteiger partial charge is 0.215 e. The van der Waals surface area contributed by atoms with E-state index in [1.165, 1.54) is 17.1 Å². The average Bonchev–Trinajstić information content (AvgIpc) is 2.70. The molecule has 1 saturated carbocycles. The molecule has 5 heteroatoms. The van der Waals surface area contributed by atoms with Crippen molar-refractivity contribution in [1.29, 1.82) is 0 Å². The maximum absolute atomic E-state index is 12.0. The molecular formula is C11H24N2O2S. The van der Waals surface area contributed by atoms with Gasteiger partial charge in [0.2, 0.25) is 10.0 Å². The molecule has 2 N–H and O–H groups in total. The maximum Gasteiger partial charge on any atom is 0.215 e. The van der Waals surface area contributed by atoms with Gasteiger partial charge in [-0.1, -0.05) is 26.7 Å². The van der Waals surface area contributed by atoms with Crippen molar-refractivity contribution >= 4 is 10.0 Å². The van der Waals surface area contributed by atoms with Crippen LogP contribution in [0.25, 0.3) is 0 Å². The Labute approximate surface area is 99.2 Å². The van der Waals surface area contributed by atoms with Crippen LogP contribution in [0.2, 0.25) is 0 Å². The van der Waals surface area contributed by atoms with Crippen LogP contribution in [0.4, 0.5) is 0 Å². The van der Waals surface area contributed by atoms with E-state index in [1.54, 1.807) is 0 Å². The standard InChI is InChI=1S/C11H24N2O2S/c1-3-13(4-2)16(14,15)9-11(12)10-7-5-6-8-10/h10-11H,3-9,12H2,1-2H3. The van der Waals surface area contributed by atoms with Crippen LogP contribution in [0.5, 0.6) is 0 Å². The molecule has 0 spiro atoms. The minimum absolute atomic E-state index is 0.110. The van der Waals surface area contributed by atoms with Crippen molar-refractivity contribution in [3.8, 4) is 0 Å². The molecule has 1 aliphatic rings. The van der Waals surface area contributed by atoms with Gasteiger partial charge in [0.25, 0.3) is 0 Å². The lowest BCUT2D eigenvalue weighted by Crippen LogP contribution is -2.42. The van der Waals surface area contributed by atoms with Gasteiger partial charge >= 0.3 is 0 Å². The third-order valence-corrected chi connectivity index (χ3v) is 5.62. The van der Waals surface area contributed by atoms with E-state index in [0.717, 1.165) is 12.8 Å². The largest absolute Gasteiger partial charge is 0.326 e. The molecule has 0 saturated heterocycles. The predicted octanol–water partition coefficient (Wildman–Crippen LogP) is 1.18. The Morgan fingerprint density at radius 2 is 1.75 bits per heavy atom. The first-order valence-electron chi connectivity index (χ1n) is 6.24. The van der Waals surface area contributed by atoms with Crippen LogP contribution >= 0.6 is 0 Å². The van der Waals surface area contributed by atoms with Crippen molar-refractivity contribution in [1.82, 2.24) is 4.31 Å². The molecule has 1 fully saturated rings. The molecule has 16 heavy (non-hydrogen) atoms. The summed E-state index contributed by atoms with van der Waals surface area (Å²) in [7, 11) is -3.15. The summed E-state index contributed by atoms with van der Waals surface area (Å²) in [4.78, 5) is 0. The first kappa shape index (κ1) is 13.9. The van der Waals surface area contributed by atoms with E-state index in [2.05, 4.69) is 0 Å². The lowest BCUT2D eigenvalue weighted by molar-refractivity contribution is 0.418. The SMILES string of the molecule is CCN(CC)S(=O)(=O)CC(N)C1CCCC1. The Hall–Kier alpha value is -0.130. The highest BCUT2D eigenvalue weighted by Crippen LogP contribution is 2.27. The van der Waals surface area contributed by atoms with Crippen LogP contribution in [-0.4, -0.2) is 37.6 Å². The molecule has 0 aromatic carbocycles. The topological polar surface area (TPSA) is 63.4 Å². The third kappa shape index (κ3) is 3.43. The molecule has 4 nitrogen and oxygen atoms in total. The fraction of sp³-hybridized carbons (Fsp3) is 1.00. The summed E-state index contributed by atoms with van der Waals surface area (Å²) in [5.74, 6) is 0.518. The maximum atomic E-state index is 12.0. The van der Waals surface area contributed by atoms with Crippen LogP contribution in [-0.2, 0) is 10.0 Å². The lowest BCUT2D eigenvalue weighted by atomic mass is 10.0. The number of sulfonamides is 1. The Bertz CT molecular complexity index is 293. The first-order chi connectivity index (χ1) is 7.51. The van der Waals surface area contributed by atoms with Crippen molar-refractivity contribution in [2.75, 3.05) is 18.8 Å². The summed E-state index contributed by atoms with van der Waals surface area (Å²) in [6, 6.07) is -0.187. The Balaban J connectivity index is 2.57. The number of nitrogens with zero attached hydrogens (tertiary/aromatic N) is 1. The molecule has 0 bridgehead atoms. The van der Waals surface area contributed by atoms with Gasteiger partial charge in [0.1, 0.15) is 0 Å². The van der Waals surface area contributed by atoms with Gasteiger partial charge in [-0.05, 0) is 18.8 Å². The second-order valence-corrected chi connectivity index (χ2v) is 6.58. The van der Waals surface area contributed by atoms with Gasteiger partial charge in [-0.2, -0.15) is 0 Å². The van der Waals surface area contributed by atoms with Crippen molar-refractivity contribution in [2.24, 2.45) is 11.7 Å². The highest BCUT2D eigenvalue weighted by atomic mass is 32.2. The van der Waals surface area contributed by atoms with E-state index in [0.29, 0.717) is 19.0 Å². The minimum Gasteiger partial charge on any atom is -0.326 e. The molecule has 1 atom stereocenters. The second-order valence-electron chi connectivity index (χ2n) is 4.57. The van der Waals surface area contributed by atoms with Crippen LogP contribution < -0.4 is 5.73 Å². The summed E-state index contributed by atoms with van der Waals surface area (Å²) < 4.78 is 25.5. The summed E-state index contributed by atoms with van der Waals surface area (Å²) in [5, 5.41) is 0. The van der Waals surface area contributed by atoms with E-state index in [9.17, 15) is 8.42 Å². The summed E-state index contributed by atoms with van der Waals surface area (Å²) in [5.41, 5.74) is 6.01. The summed E-state index contributed by atoms with van der Waals surface area (Å²) >= 11 is 0. The Kier molecular flexibility index (Phi) is 5.21. The predicted molar refractivity (Wildman–Crippen MR) is 66.6 cm³/mol. The molecule has 1 aliphatic carbocycles. The summed E-state index contributed by atoms with van der Waals surface area (Å²) in [6.45, 7) is 4.80.